The van der Waals surface area contributed by atoms with Gasteiger partial charge in [-0.2, -0.15) is 0 Å². The molecule has 1 aliphatic carbocycles. The number of carboxylic acids is 1. The Bertz CT molecular complexity index is 447. The smallest absolute Gasteiger partial charge is 0.303 e. The lowest BCUT2D eigenvalue weighted by Gasteiger charge is -2.25. The zero-order chi connectivity index (χ0) is 13.1. The van der Waals surface area contributed by atoms with E-state index in [-0.39, 0.29) is 6.42 Å². The lowest BCUT2D eigenvalue weighted by molar-refractivity contribution is -0.137. The highest BCUT2D eigenvalue weighted by molar-refractivity contribution is 9.10. The van der Waals surface area contributed by atoms with Gasteiger partial charge in [0, 0.05) is 16.9 Å². The second kappa shape index (κ2) is 5.85. The molecule has 1 aromatic carbocycles. The quantitative estimate of drug-likeness (QED) is 0.907. The third-order valence-corrected chi connectivity index (χ3v) is 4.36. The van der Waals surface area contributed by atoms with Gasteiger partial charge in [-0.05, 0) is 50.0 Å². The fourth-order valence-electron chi connectivity index (χ4n) is 2.68. The van der Waals surface area contributed by atoms with Crippen LogP contribution in [-0.2, 0) is 11.2 Å². The number of hydrogen-bond donors (Lipinski definition) is 1. The zero-order valence-corrected chi connectivity index (χ0v) is 12.1. The van der Waals surface area contributed by atoms with Crippen molar-refractivity contribution in [2.24, 2.45) is 0 Å². The second-order valence-corrected chi connectivity index (χ2v) is 5.69. The zero-order valence-electron chi connectivity index (χ0n) is 10.5. The highest BCUT2D eigenvalue weighted by Gasteiger charge is 2.26. The molecule has 98 valence electrons. The highest BCUT2D eigenvalue weighted by atomic mass is 79.9. The van der Waals surface area contributed by atoms with Crippen molar-refractivity contribution in [3.63, 3.8) is 0 Å². The lowest BCUT2D eigenvalue weighted by atomic mass is 10.1. The van der Waals surface area contributed by atoms with Crippen LogP contribution in [0.1, 0.15) is 36.4 Å². The number of nitrogens with zero attached hydrogens (tertiary/aromatic N) is 1. The molecule has 4 heteroatoms. The molecule has 0 aliphatic heterocycles. The van der Waals surface area contributed by atoms with Crippen LogP contribution in [0.4, 0.5) is 0 Å². The lowest BCUT2D eigenvalue weighted by Crippen LogP contribution is -2.24. The minimum absolute atomic E-state index is 0.252. The molecule has 3 nitrogen and oxygen atoms in total. The van der Waals surface area contributed by atoms with E-state index < -0.39 is 5.97 Å². The standard InChI is InChI=1S/C14H18BrNO2/c1-16(9-3-6-14(17)18)13-8-7-10-11(13)4-2-5-12(10)15/h2,4-5,13H,3,6-9H2,1H3,(H,17,18). The van der Waals surface area contributed by atoms with Crippen LogP contribution in [0.25, 0.3) is 0 Å². The average Bonchev–Trinajstić information content (AvgIpc) is 2.73. The van der Waals surface area contributed by atoms with Crippen molar-refractivity contribution >= 4 is 21.9 Å². The molecule has 2 rings (SSSR count). The molecule has 0 heterocycles. The Morgan fingerprint density at radius 1 is 1.56 bits per heavy atom. The third-order valence-electron chi connectivity index (χ3n) is 3.62. The normalized spacial score (nSPS) is 18.1. The molecule has 1 N–H and O–H groups in total. The Kier molecular flexibility index (Phi) is 4.40. The minimum atomic E-state index is -0.710. The molecular weight excluding hydrogens is 294 g/mol. The van der Waals surface area contributed by atoms with Crippen molar-refractivity contribution in [2.75, 3.05) is 13.6 Å². The monoisotopic (exact) mass is 311 g/mol. The Morgan fingerprint density at radius 3 is 3.06 bits per heavy atom. The van der Waals surface area contributed by atoms with Gasteiger partial charge in [-0.25, -0.2) is 0 Å². The molecular formula is C14H18BrNO2. The Balaban J connectivity index is 2.00. The molecule has 18 heavy (non-hydrogen) atoms. The maximum atomic E-state index is 10.5. The van der Waals surface area contributed by atoms with Crippen LogP contribution in [0, 0.1) is 0 Å². The summed E-state index contributed by atoms with van der Waals surface area (Å²) >= 11 is 3.60. The first kappa shape index (κ1) is 13.6. The Labute approximate surface area is 116 Å². The number of carbonyl (C=O) groups is 1. The van der Waals surface area contributed by atoms with Gasteiger partial charge in [0.25, 0.3) is 0 Å². The van der Waals surface area contributed by atoms with Crippen LogP contribution in [0.3, 0.4) is 0 Å². The Morgan fingerprint density at radius 2 is 2.33 bits per heavy atom. The first-order chi connectivity index (χ1) is 8.59. The van der Waals surface area contributed by atoms with Gasteiger partial charge in [0.05, 0.1) is 0 Å². The summed E-state index contributed by atoms with van der Waals surface area (Å²) in [7, 11) is 2.09. The van der Waals surface area contributed by atoms with E-state index in [1.54, 1.807) is 0 Å². The predicted octanol–water partition coefficient (Wildman–Crippen LogP) is 3.23. The number of aliphatic carboxylic acids is 1. The van der Waals surface area contributed by atoms with Crippen molar-refractivity contribution in [3.8, 4) is 0 Å². The van der Waals surface area contributed by atoms with Gasteiger partial charge in [0.15, 0.2) is 0 Å². The summed E-state index contributed by atoms with van der Waals surface area (Å²) in [6, 6.07) is 6.79. The van der Waals surface area contributed by atoms with E-state index in [0.29, 0.717) is 12.5 Å². The molecule has 0 amide bonds. The van der Waals surface area contributed by atoms with Crippen molar-refractivity contribution in [1.82, 2.24) is 4.90 Å². The van der Waals surface area contributed by atoms with Crippen molar-refractivity contribution in [3.05, 3.63) is 33.8 Å². The average molecular weight is 312 g/mol. The molecule has 1 aromatic rings. The maximum absolute atomic E-state index is 10.5. The summed E-state index contributed by atoms with van der Waals surface area (Å²) in [4.78, 5) is 12.8. The van der Waals surface area contributed by atoms with Crippen LogP contribution in [0.2, 0.25) is 0 Å². The molecule has 0 aromatic heterocycles. The number of fused-ring (bicyclic) bond motifs is 1. The summed E-state index contributed by atoms with van der Waals surface area (Å²) in [5.74, 6) is -0.710. The van der Waals surface area contributed by atoms with Gasteiger partial charge >= 0.3 is 5.97 Å². The van der Waals surface area contributed by atoms with Gasteiger partial charge in [-0.1, -0.05) is 28.1 Å². The molecule has 0 fully saturated rings. The summed E-state index contributed by atoms with van der Waals surface area (Å²) in [6.45, 7) is 0.836. The van der Waals surface area contributed by atoms with Crippen molar-refractivity contribution in [2.45, 2.75) is 31.7 Å². The third kappa shape index (κ3) is 2.93. The second-order valence-electron chi connectivity index (χ2n) is 4.84. The van der Waals surface area contributed by atoms with Gasteiger partial charge in [0.2, 0.25) is 0 Å². The summed E-state index contributed by atoms with van der Waals surface area (Å²) in [6.07, 6.45) is 3.19. The van der Waals surface area contributed by atoms with Crippen LogP contribution < -0.4 is 0 Å². The Hall–Kier alpha value is -0.870. The first-order valence-electron chi connectivity index (χ1n) is 6.29. The molecule has 1 atom stereocenters. The van der Waals surface area contributed by atoms with Gasteiger partial charge in [0.1, 0.15) is 0 Å². The predicted molar refractivity (Wildman–Crippen MR) is 74.7 cm³/mol. The summed E-state index contributed by atoms with van der Waals surface area (Å²) < 4.78 is 1.20. The number of rotatable bonds is 5. The van der Waals surface area contributed by atoms with Crippen molar-refractivity contribution < 1.29 is 9.90 Å². The van der Waals surface area contributed by atoms with E-state index in [9.17, 15) is 4.79 Å². The summed E-state index contributed by atoms with van der Waals surface area (Å²) in [5, 5.41) is 8.66. The molecule has 0 spiro atoms. The summed E-state index contributed by atoms with van der Waals surface area (Å²) in [5.41, 5.74) is 2.80. The molecule has 0 saturated carbocycles. The number of halogens is 1. The van der Waals surface area contributed by atoms with Gasteiger partial charge < -0.3 is 5.11 Å². The van der Waals surface area contributed by atoms with Crippen molar-refractivity contribution in [1.29, 1.82) is 0 Å². The van der Waals surface area contributed by atoms with Crippen LogP contribution in [0.5, 0.6) is 0 Å². The van der Waals surface area contributed by atoms with E-state index in [2.05, 4.69) is 46.1 Å². The van der Waals surface area contributed by atoms with E-state index >= 15 is 0 Å². The van der Waals surface area contributed by atoms with Gasteiger partial charge in [-0.3, -0.25) is 9.69 Å². The topological polar surface area (TPSA) is 40.5 Å². The van der Waals surface area contributed by atoms with E-state index in [1.807, 2.05) is 0 Å². The first-order valence-corrected chi connectivity index (χ1v) is 7.08. The molecule has 0 bridgehead atoms. The van der Waals surface area contributed by atoms with Crippen LogP contribution in [-0.4, -0.2) is 29.6 Å². The largest absolute Gasteiger partial charge is 0.481 e. The highest BCUT2D eigenvalue weighted by Crippen LogP contribution is 2.38. The minimum Gasteiger partial charge on any atom is -0.481 e. The molecule has 0 saturated heterocycles. The van der Waals surface area contributed by atoms with Crippen LogP contribution in [0.15, 0.2) is 22.7 Å². The number of hydrogen-bond acceptors (Lipinski definition) is 2. The number of carboxylic acid groups (broad SMARTS) is 1. The maximum Gasteiger partial charge on any atom is 0.303 e. The number of benzene rings is 1. The molecule has 0 radical (unpaired) electrons. The van der Waals surface area contributed by atoms with Gasteiger partial charge in [-0.15, -0.1) is 0 Å². The fourth-order valence-corrected chi connectivity index (χ4v) is 3.26. The van der Waals surface area contributed by atoms with Crippen LogP contribution >= 0.6 is 15.9 Å². The molecule has 1 aliphatic rings. The SMILES string of the molecule is CN(CCCC(=O)O)C1CCc2c(Br)cccc21. The van der Waals surface area contributed by atoms with E-state index in [1.165, 1.54) is 15.6 Å². The molecule has 1 unspecified atom stereocenters. The van der Waals surface area contributed by atoms with E-state index in [0.717, 1.165) is 19.4 Å². The van der Waals surface area contributed by atoms with E-state index in [4.69, 9.17) is 5.11 Å². The fraction of sp³-hybridized carbons (Fsp3) is 0.500.